The second-order valence-corrected chi connectivity index (χ2v) is 5.17. The van der Waals surface area contributed by atoms with Crippen molar-refractivity contribution in [3.63, 3.8) is 0 Å². The molecule has 0 saturated heterocycles. The van der Waals surface area contributed by atoms with E-state index in [1.807, 2.05) is 18.2 Å². The zero-order valence-electron chi connectivity index (χ0n) is 11.5. The van der Waals surface area contributed by atoms with Crippen LogP contribution in [0.1, 0.15) is 44.1 Å². The summed E-state index contributed by atoms with van der Waals surface area (Å²) in [5.41, 5.74) is 2.15. The van der Waals surface area contributed by atoms with Crippen molar-refractivity contribution in [1.29, 1.82) is 0 Å². The topological polar surface area (TPSA) is 40.7 Å². The van der Waals surface area contributed by atoms with Gasteiger partial charge in [0.2, 0.25) is 0 Å². The lowest BCUT2D eigenvalue weighted by molar-refractivity contribution is 0.370. The molecule has 19 heavy (non-hydrogen) atoms. The molecule has 102 valence electrons. The van der Waals surface area contributed by atoms with Crippen molar-refractivity contribution in [2.45, 2.75) is 32.9 Å². The standard InChI is InChI=1S/C15H20FN3/c1-10(2)15(12-4-6-13(16)7-5-12)18-11(3)14-8-9-17-19-14/h4-11,15,18H,1-3H3,(H,17,19). The molecule has 2 rings (SSSR count). The predicted molar refractivity (Wildman–Crippen MR) is 74.1 cm³/mol. The highest BCUT2D eigenvalue weighted by molar-refractivity contribution is 5.21. The highest BCUT2D eigenvalue weighted by Crippen LogP contribution is 2.25. The maximum Gasteiger partial charge on any atom is 0.123 e. The molecule has 0 amide bonds. The van der Waals surface area contributed by atoms with Crippen LogP contribution in [0.2, 0.25) is 0 Å². The number of hydrogen-bond donors (Lipinski definition) is 2. The number of H-pyrrole nitrogens is 1. The van der Waals surface area contributed by atoms with Gasteiger partial charge in [-0.3, -0.25) is 5.10 Å². The summed E-state index contributed by atoms with van der Waals surface area (Å²) >= 11 is 0. The number of rotatable bonds is 5. The Morgan fingerprint density at radius 3 is 2.32 bits per heavy atom. The molecule has 0 spiro atoms. The minimum atomic E-state index is -0.201. The number of aromatic nitrogens is 2. The van der Waals surface area contributed by atoms with Gasteiger partial charge >= 0.3 is 0 Å². The van der Waals surface area contributed by atoms with Crippen LogP contribution in [0.3, 0.4) is 0 Å². The number of aromatic amines is 1. The molecule has 0 aliphatic rings. The Labute approximate surface area is 113 Å². The van der Waals surface area contributed by atoms with Gasteiger partial charge in [-0.2, -0.15) is 5.10 Å². The lowest BCUT2D eigenvalue weighted by atomic mass is 9.95. The molecule has 4 heteroatoms. The van der Waals surface area contributed by atoms with Crippen molar-refractivity contribution in [2.75, 3.05) is 0 Å². The first-order valence-electron chi connectivity index (χ1n) is 6.58. The third kappa shape index (κ3) is 3.41. The van der Waals surface area contributed by atoms with E-state index in [1.54, 1.807) is 6.20 Å². The van der Waals surface area contributed by atoms with Gasteiger partial charge in [0.05, 0.1) is 5.69 Å². The summed E-state index contributed by atoms with van der Waals surface area (Å²) < 4.78 is 13.0. The summed E-state index contributed by atoms with van der Waals surface area (Å²) in [7, 11) is 0. The molecule has 2 atom stereocenters. The molecule has 1 aromatic carbocycles. The summed E-state index contributed by atoms with van der Waals surface area (Å²) in [6.07, 6.45) is 1.75. The van der Waals surface area contributed by atoms with Gasteiger partial charge in [0, 0.05) is 18.3 Å². The monoisotopic (exact) mass is 261 g/mol. The number of nitrogens with one attached hydrogen (secondary N) is 2. The van der Waals surface area contributed by atoms with Crippen molar-refractivity contribution in [2.24, 2.45) is 5.92 Å². The lowest BCUT2D eigenvalue weighted by Crippen LogP contribution is -2.28. The summed E-state index contributed by atoms with van der Waals surface area (Å²) in [6, 6.07) is 9.00. The molecule has 1 heterocycles. The normalized spacial score (nSPS) is 14.6. The summed E-state index contributed by atoms with van der Waals surface area (Å²) in [4.78, 5) is 0. The molecule has 2 aromatic rings. The number of nitrogens with zero attached hydrogens (tertiary/aromatic N) is 1. The largest absolute Gasteiger partial charge is 0.302 e. The van der Waals surface area contributed by atoms with Crippen LogP contribution >= 0.6 is 0 Å². The molecule has 0 saturated carbocycles. The van der Waals surface area contributed by atoms with Crippen LogP contribution < -0.4 is 5.32 Å². The van der Waals surface area contributed by atoms with Crippen LogP contribution in [0.15, 0.2) is 36.5 Å². The first-order valence-corrected chi connectivity index (χ1v) is 6.58. The van der Waals surface area contributed by atoms with Gasteiger partial charge in [-0.25, -0.2) is 4.39 Å². The van der Waals surface area contributed by atoms with Crippen LogP contribution in [0.5, 0.6) is 0 Å². The van der Waals surface area contributed by atoms with Crippen molar-refractivity contribution >= 4 is 0 Å². The van der Waals surface area contributed by atoms with Crippen molar-refractivity contribution in [3.05, 3.63) is 53.6 Å². The average Bonchev–Trinajstić information content (AvgIpc) is 2.90. The molecule has 0 aliphatic carbocycles. The highest BCUT2D eigenvalue weighted by atomic mass is 19.1. The van der Waals surface area contributed by atoms with Gasteiger partial charge in [0.25, 0.3) is 0 Å². The molecule has 0 bridgehead atoms. The van der Waals surface area contributed by atoms with E-state index in [9.17, 15) is 4.39 Å². The second kappa shape index (κ2) is 5.97. The van der Waals surface area contributed by atoms with Crippen LogP contribution in [-0.2, 0) is 0 Å². The van der Waals surface area contributed by atoms with E-state index in [1.165, 1.54) is 12.1 Å². The molecule has 0 aliphatic heterocycles. The zero-order valence-corrected chi connectivity index (χ0v) is 11.5. The second-order valence-electron chi connectivity index (χ2n) is 5.17. The van der Waals surface area contributed by atoms with E-state index >= 15 is 0 Å². The molecule has 1 aromatic heterocycles. The first-order chi connectivity index (χ1) is 9.08. The number of benzene rings is 1. The maximum atomic E-state index is 13.0. The van der Waals surface area contributed by atoms with Gasteiger partial charge in [-0.1, -0.05) is 26.0 Å². The van der Waals surface area contributed by atoms with Gasteiger partial charge in [-0.15, -0.1) is 0 Å². The minimum Gasteiger partial charge on any atom is -0.302 e. The van der Waals surface area contributed by atoms with Gasteiger partial charge in [0.15, 0.2) is 0 Å². The Bertz CT molecular complexity index is 491. The van der Waals surface area contributed by atoms with Gasteiger partial charge in [-0.05, 0) is 36.6 Å². The number of halogens is 1. The third-order valence-corrected chi connectivity index (χ3v) is 3.31. The molecule has 2 unspecified atom stereocenters. The lowest BCUT2D eigenvalue weighted by Gasteiger charge is -2.26. The molecule has 0 fully saturated rings. The van der Waals surface area contributed by atoms with E-state index in [2.05, 4.69) is 36.3 Å². The van der Waals surface area contributed by atoms with Crippen molar-refractivity contribution in [3.8, 4) is 0 Å². The third-order valence-electron chi connectivity index (χ3n) is 3.31. The fraction of sp³-hybridized carbons (Fsp3) is 0.400. The SMILES string of the molecule is CC(NC(c1ccc(F)cc1)C(C)C)c1ccn[nH]1. The molecular formula is C15H20FN3. The Morgan fingerprint density at radius 2 is 1.79 bits per heavy atom. The Hall–Kier alpha value is -1.68. The summed E-state index contributed by atoms with van der Waals surface area (Å²) in [5, 5.41) is 10.5. The molecule has 2 N–H and O–H groups in total. The van der Waals surface area contributed by atoms with Crippen LogP contribution in [0, 0.1) is 11.7 Å². The van der Waals surface area contributed by atoms with E-state index in [0.717, 1.165) is 11.3 Å². The van der Waals surface area contributed by atoms with Crippen LogP contribution in [0.25, 0.3) is 0 Å². The van der Waals surface area contributed by atoms with E-state index < -0.39 is 0 Å². The quantitative estimate of drug-likeness (QED) is 0.863. The van der Waals surface area contributed by atoms with Crippen LogP contribution in [0.4, 0.5) is 4.39 Å². The Balaban J connectivity index is 2.14. The minimum absolute atomic E-state index is 0.167. The van der Waals surface area contributed by atoms with E-state index in [-0.39, 0.29) is 17.9 Å². The summed E-state index contributed by atoms with van der Waals surface area (Å²) in [5.74, 6) is 0.212. The maximum absolute atomic E-state index is 13.0. The fourth-order valence-electron chi connectivity index (χ4n) is 2.21. The molecular weight excluding hydrogens is 241 g/mol. The predicted octanol–water partition coefficient (Wildman–Crippen LogP) is 3.60. The van der Waals surface area contributed by atoms with Gasteiger partial charge < -0.3 is 5.32 Å². The van der Waals surface area contributed by atoms with E-state index in [0.29, 0.717) is 5.92 Å². The number of hydrogen-bond acceptors (Lipinski definition) is 2. The summed E-state index contributed by atoms with van der Waals surface area (Å²) in [6.45, 7) is 6.40. The highest BCUT2D eigenvalue weighted by Gasteiger charge is 2.19. The van der Waals surface area contributed by atoms with E-state index in [4.69, 9.17) is 0 Å². The molecule has 3 nitrogen and oxygen atoms in total. The van der Waals surface area contributed by atoms with Crippen molar-refractivity contribution in [1.82, 2.24) is 15.5 Å². The van der Waals surface area contributed by atoms with Gasteiger partial charge in [0.1, 0.15) is 5.82 Å². The van der Waals surface area contributed by atoms with Crippen LogP contribution in [-0.4, -0.2) is 10.2 Å². The first kappa shape index (κ1) is 13.7. The van der Waals surface area contributed by atoms with Crippen molar-refractivity contribution < 1.29 is 4.39 Å². The zero-order chi connectivity index (χ0) is 13.8. The Kier molecular flexibility index (Phi) is 4.32. The molecule has 0 radical (unpaired) electrons. The smallest absolute Gasteiger partial charge is 0.123 e. The Morgan fingerprint density at radius 1 is 1.11 bits per heavy atom. The fourth-order valence-corrected chi connectivity index (χ4v) is 2.21. The average molecular weight is 261 g/mol.